The maximum Gasteiger partial charge on any atom is 0.265 e. The lowest BCUT2D eigenvalue weighted by Gasteiger charge is -2.14. The Morgan fingerprint density at radius 3 is 2.70 bits per heavy atom. The molecule has 3 aromatic carbocycles. The van der Waals surface area contributed by atoms with Crippen molar-refractivity contribution in [2.75, 3.05) is 12.4 Å². The lowest BCUT2D eigenvalue weighted by Crippen LogP contribution is -2.31. The number of methoxy groups -OCH3 is 1. The van der Waals surface area contributed by atoms with Gasteiger partial charge >= 0.3 is 0 Å². The maximum absolute atomic E-state index is 12.7. The zero-order valence-corrected chi connectivity index (χ0v) is 14.7. The number of amides is 1. The molecule has 0 radical (unpaired) electrons. The molecule has 1 aliphatic heterocycles. The molecule has 5 nitrogen and oxygen atoms in total. The monoisotopic (exact) mass is 359 g/mol. The molecule has 1 atom stereocenters. The molecule has 0 bridgehead atoms. The first kappa shape index (κ1) is 15.8. The highest BCUT2D eigenvalue weighted by Gasteiger charge is 2.29. The minimum absolute atomic E-state index is 0.208. The van der Waals surface area contributed by atoms with E-state index in [0.717, 1.165) is 27.7 Å². The van der Waals surface area contributed by atoms with Gasteiger partial charge in [-0.2, -0.15) is 0 Å². The van der Waals surface area contributed by atoms with E-state index in [9.17, 15) is 4.79 Å². The molecule has 0 saturated carbocycles. The van der Waals surface area contributed by atoms with Crippen LogP contribution in [0.3, 0.4) is 0 Å². The van der Waals surface area contributed by atoms with E-state index < -0.39 is 6.10 Å². The lowest BCUT2D eigenvalue weighted by atomic mass is 10.1. The van der Waals surface area contributed by atoms with Gasteiger partial charge in [0.25, 0.3) is 5.91 Å². The summed E-state index contributed by atoms with van der Waals surface area (Å²) in [5, 5.41) is 4.89. The van der Waals surface area contributed by atoms with Crippen LogP contribution in [-0.4, -0.2) is 19.1 Å². The Labute approximate surface area is 155 Å². The van der Waals surface area contributed by atoms with E-state index >= 15 is 0 Å². The van der Waals surface area contributed by atoms with Crippen LogP contribution in [0.15, 0.2) is 65.1 Å². The fourth-order valence-electron chi connectivity index (χ4n) is 3.56. The number of anilines is 1. The number of carbonyl (C=O) groups excluding carboxylic acids is 1. The summed E-state index contributed by atoms with van der Waals surface area (Å²) >= 11 is 0. The molecular weight excluding hydrogens is 342 g/mol. The number of ether oxygens (including phenoxy) is 2. The average molecular weight is 359 g/mol. The number of furan rings is 1. The Morgan fingerprint density at radius 2 is 1.85 bits per heavy atom. The predicted molar refractivity (Wildman–Crippen MR) is 103 cm³/mol. The molecule has 1 amide bonds. The largest absolute Gasteiger partial charge is 0.495 e. The fraction of sp³-hybridized carbons (Fsp3) is 0.136. The van der Waals surface area contributed by atoms with Crippen LogP contribution in [0.5, 0.6) is 11.5 Å². The second kappa shape index (κ2) is 6.06. The second-order valence-corrected chi connectivity index (χ2v) is 6.55. The van der Waals surface area contributed by atoms with Gasteiger partial charge in [0.2, 0.25) is 0 Å². The maximum atomic E-state index is 12.7. The van der Waals surface area contributed by atoms with Crippen molar-refractivity contribution in [2.24, 2.45) is 0 Å². The smallest absolute Gasteiger partial charge is 0.265 e. The third kappa shape index (κ3) is 2.59. The zero-order valence-electron chi connectivity index (χ0n) is 14.7. The molecule has 5 rings (SSSR count). The van der Waals surface area contributed by atoms with Crippen LogP contribution in [0.4, 0.5) is 5.69 Å². The van der Waals surface area contributed by atoms with Gasteiger partial charge in [0.05, 0.1) is 12.8 Å². The quantitative estimate of drug-likeness (QED) is 0.583. The van der Waals surface area contributed by atoms with Crippen LogP contribution < -0.4 is 14.8 Å². The molecular formula is C22H17NO4. The van der Waals surface area contributed by atoms with Crippen LogP contribution in [0.1, 0.15) is 5.56 Å². The molecule has 5 heteroatoms. The molecule has 27 heavy (non-hydrogen) atoms. The summed E-state index contributed by atoms with van der Waals surface area (Å²) in [5.41, 5.74) is 3.10. The number of benzene rings is 3. The van der Waals surface area contributed by atoms with Crippen molar-refractivity contribution in [1.29, 1.82) is 0 Å². The first-order chi connectivity index (χ1) is 13.2. The number of rotatable bonds is 3. The zero-order chi connectivity index (χ0) is 18.4. The Hall–Kier alpha value is -3.47. The van der Waals surface area contributed by atoms with E-state index in [1.807, 2.05) is 54.6 Å². The Bertz CT molecular complexity index is 1150. The molecule has 0 saturated heterocycles. The molecule has 4 aromatic rings. The standard InChI is InChI=1S/C22H17NO4/c1-25-20-11-15-14-7-3-5-9-18(14)27-19(15)12-16(20)23-22(24)21-10-13-6-2-4-8-17(13)26-21/h2-9,11-12,21H,10H2,1H3,(H,23,24)/t21-/m0/s1. The van der Waals surface area contributed by atoms with Crippen LogP contribution in [0.2, 0.25) is 0 Å². The van der Waals surface area contributed by atoms with E-state index in [2.05, 4.69) is 5.32 Å². The Morgan fingerprint density at radius 1 is 1.04 bits per heavy atom. The van der Waals surface area contributed by atoms with Gasteiger partial charge in [0.15, 0.2) is 6.10 Å². The number of fused-ring (bicyclic) bond motifs is 4. The van der Waals surface area contributed by atoms with Gasteiger partial charge in [-0.25, -0.2) is 0 Å². The van der Waals surface area contributed by atoms with E-state index in [1.54, 1.807) is 13.2 Å². The Kier molecular flexibility index (Phi) is 3.53. The molecule has 2 heterocycles. The summed E-state index contributed by atoms with van der Waals surface area (Å²) in [5.74, 6) is 1.13. The van der Waals surface area contributed by atoms with Gasteiger partial charge in [-0.3, -0.25) is 4.79 Å². The van der Waals surface area contributed by atoms with E-state index in [-0.39, 0.29) is 5.91 Å². The van der Waals surface area contributed by atoms with E-state index in [0.29, 0.717) is 23.4 Å². The fourth-order valence-corrected chi connectivity index (χ4v) is 3.56. The number of para-hydroxylation sites is 2. The third-order valence-corrected chi connectivity index (χ3v) is 4.90. The van der Waals surface area contributed by atoms with Crippen molar-refractivity contribution in [3.05, 3.63) is 66.2 Å². The summed E-state index contributed by atoms with van der Waals surface area (Å²) < 4.78 is 17.2. The third-order valence-electron chi connectivity index (χ3n) is 4.90. The van der Waals surface area contributed by atoms with Crippen molar-refractivity contribution in [3.63, 3.8) is 0 Å². The van der Waals surface area contributed by atoms with Crippen LogP contribution >= 0.6 is 0 Å². The average Bonchev–Trinajstić information content (AvgIpc) is 3.28. The minimum atomic E-state index is -0.557. The highest BCUT2D eigenvalue weighted by atomic mass is 16.5. The number of carbonyl (C=O) groups is 1. The summed E-state index contributed by atoms with van der Waals surface area (Å²) in [7, 11) is 1.58. The summed E-state index contributed by atoms with van der Waals surface area (Å²) in [6.07, 6.45) is -0.00418. The van der Waals surface area contributed by atoms with Crippen molar-refractivity contribution in [2.45, 2.75) is 12.5 Å². The van der Waals surface area contributed by atoms with Crippen molar-refractivity contribution < 1.29 is 18.7 Å². The van der Waals surface area contributed by atoms with Crippen LogP contribution in [0.25, 0.3) is 21.9 Å². The summed E-state index contributed by atoms with van der Waals surface area (Å²) in [4.78, 5) is 12.7. The topological polar surface area (TPSA) is 60.7 Å². The highest BCUT2D eigenvalue weighted by Crippen LogP contribution is 2.37. The number of nitrogens with one attached hydrogen (secondary N) is 1. The van der Waals surface area contributed by atoms with Crippen molar-refractivity contribution in [3.8, 4) is 11.5 Å². The number of hydrogen-bond acceptors (Lipinski definition) is 4. The van der Waals surface area contributed by atoms with E-state index in [4.69, 9.17) is 13.9 Å². The molecule has 0 unspecified atom stereocenters. The van der Waals surface area contributed by atoms with Gasteiger partial charge in [-0.1, -0.05) is 36.4 Å². The first-order valence-electron chi connectivity index (χ1n) is 8.77. The normalized spacial score (nSPS) is 15.5. The number of hydrogen-bond donors (Lipinski definition) is 1. The second-order valence-electron chi connectivity index (χ2n) is 6.55. The lowest BCUT2D eigenvalue weighted by molar-refractivity contribution is -0.122. The van der Waals surface area contributed by atoms with Crippen molar-refractivity contribution >= 4 is 33.5 Å². The molecule has 0 fully saturated rings. The summed E-state index contributed by atoms with van der Waals surface area (Å²) in [6, 6.07) is 19.2. The van der Waals surface area contributed by atoms with Gasteiger partial charge in [-0.15, -0.1) is 0 Å². The van der Waals surface area contributed by atoms with Gasteiger partial charge in [0.1, 0.15) is 22.7 Å². The summed E-state index contributed by atoms with van der Waals surface area (Å²) in [6.45, 7) is 0. The van der Waals surface area contributed by atoms with Crippen LogP contribution in [0, 0.1) is 0 Å². The predicted octanol–water partition coefficient (Wildman–Crippen LogP) is 4.54. The van der Waals surface area contributed by atoms with Gasteiger partial charge in [0, 0.05) is 23.3 Å². The van der Waals surface area contributed by atoms with Crippen molar-refractivity contribution in [1.82, 2.24) is 0 Å². The molecule has 134 valence electrons. The molecule has 0 spiro atoms. The highest BCUT2D eigenvalue weighted by molar-refractivity contribution is 6.08. The van der Waals surface area contributed by atoms with E-state index in [1.165, 1.54) is 0 Å². The van der Waals surface area contributed by atoms with Gasteiger partial charge < -0.3 is 19.2 Å². The first-order valence-corrected chi connectivity index (χ1v) is 8.77. The molecule has 1 aromatic heterocycles. The molecule has 0 aliphatic carbocycles. The molecule has 1 N–H and O–H groups in total. The minimum Gasteiger partial charge on any atom is -0.495 e. The van der Waals surface area contributed by atoms with Gasteiger partial charge in [-0.05, 0) is 23.8 Å². The molecule has 1 aliphatic rings. The SMILES string of the molecule is COc1cc2c(cc1NC(=O)[C@@H]1Cc3ccccc3O1)oc1ccccc12. The Balaban J connectivity index is 1.47. The van der Waals surface area contributed by atoms with Crippen LogP contribution in [-0.2, 0) is 11.2 Å².